The Morgan fingerprint density at radius 2 is 2.00 bits per heavy atom. The molecule has 0 saturated carbocycles. The molecule has 1 aromatic heterocycles. The van der Waals surface area contributed by atoms with Crippen LogP contribution in [0.5, 0.6) is 5.75 Å². The van der Waals surface area contributed by atoms with Crippen molar-refractivity contribution in [3.8, 4) is 5.75 Å². The number of benzene rings is 1. The summed E-state index contributed by atoms with van der Waals surface area (Å²) in [5.41, 5.74) is 3.29. The van der Waals surface area contributed by atoms with Crippen molar-refractivity contribution in [2.45, 2.75) is 39.0 Å². The summed E-state index contributed by atoms with van der Waals surface area (Å²) in [7, 11) is 1.61. The molecule has 0 fully saturated rings. The Bertz CT molecular complexity index is 815. The highest BCUT2D eigenvalue weighted by Gasteiger charge is 2.11. The third-order valence-corrected chi connectivity index (χ3v) is 4.55. The van der Waals surface area contributed by atoms with Gasteiger partial charge in [0.1, 0.15) is 11.4 Å². The van der Waals surface area contributed by atoms with Gasteiger partial charge in [0.2, 0.25) is 5.95 Å². The molecule has 1 aliphatic rings. The molecule has 0 saturated heterocycles. The summed E-state index contributed by atoms with van der Waals surface area (Å²) in [6.45, 7) is 2.63. The molecular formula is C21H26N4O2. The average Bonchev–Trinajstić information content (AvgIpc) is 2.69. The van der Waals surface area contributed by atoms with E-state index in [1.807, 2.05) is 6.92 Å². The molecule has 6 nitrogen and oxygen atoms in total. The van der Waals surface area contributed by atoms with E-state index >= 15 is 0 Å². The molecule has 0 unspecified atom stereocenters. The third kappa shape index (κ3) is 5.54. The van der Waals surface area contributed by atoms with Crippen molar-refractivity contribution < 1.29 is 9.53 Å². The van der Waals surface area contributed by atoms with Crippen LogP contribution in [0.1, 0.15) is 48.3 Å². The fraction of sp³-hybridized carbons (Fsp3) is 0.381. The molecule has 0 radical (unpaired) electrons. The number of nitrogens with zero attached hydrogens (tertiary/aromatic N) is 2. The first-order valence-corrected chi connectivity index (χ1v) is 9.37. The number of carbonyl (C=O) groups is 1. The lowest BCUT2D eigenvalue weighted by molar-refractivity contribution is 0.102. The van der Waals surface area contributed by atoms with E-state index in [0.29, 0.717) is 17.3 Å². The number of rotatable bonds is 7. The van der Waals surface area contributed by atoms with Crippen LogP contribution in [-0.2, 0) is 0 Å². The fourth-order valence-corrected chi connectivity index (χ4v) is 3.10. The molecule has 2 N–H and O–H groups in total. The number of anilines is 2. The molecule has 27 heavy (non-hydrogen) atoms. The van der Waals surface area contributed by atoms with Crippen LogP contribution >= 0.6 is 0 Å². The minimum Gasteiger partial charge on any atom is -0.497 e. The van der Waals surface area contributed by atoms with Gasteiger partial charge in [-0.15, -0.1) is 0 Å². The Hall–Kier alpha value is -2.89. The first-order valence-electron chi connectivity index (χ1n) is 9.37. The highest BCUT2D eigenvalue weighted by Crippen LogP contribution is 2.20. The number of allylic oxidation sites excluding steroid dienone is 1. The molecular weight excluding hydrogens is 340 g/mol. The number of aryl methyl sites for hydroxylation is 1. The van der Waals surface area contributed by atoms with Gasteiger partial charge in [0, 0.05) is 17.9 Å². The summed E-state index contributed by atoms with van der Waals surface area (Å²) < 4.78 is 5.13. The van der Waals surface area contributed by atoms with Crippen molar-refractivity contribution in [2.24, 2.45) is 0 Å². The second-order valence-corrected chi connectivity index (χ2v) is 6.69. The molecule has 142 valence electrons. The van der Waals surface area contributed by atoms with Gasteiger partial charge in [-0.3, -0.25) is 4.79 Å². The van der Waals surface area contributed by atoms with E-state index in [4.69, 9.17) is 4.74 Å². The summed E-state index contributed by atoms with van der Waals surface area (Å²) in [6, 6.07) is 8.87. The highest BCUT2D eigenvalue weighted by atomic mass is 16.5. The number of hydrogen-bond acceptors (Lipinski definition) is 5. The van der Waals surface area contributed by atoms with Crippen LogP contribution in [0.4, 0.5) is 11.6 Å². The molecule has 0 spiro atoms. The standard InChI is InChI=1S/C21H26N4O2/c1-15-14-19(20(26)24-17-8-10-18(27-2)11-9-17)25-21(23-15)22-13-12-16-6-4-3-5-7-16/h6,8-11,14H,3-5,7,12-13H2,1-2H3,(H,24,26)(H,22,23,25). The molecule has 6 heteroatoms. The van der Waals surface area contributed by atoms with E-state index in [2.05, 4.69) is 26.7 Å². The van der Waals surface area contributed by atoms with Gasteiger partial charge in [-0.25, -0.2) is 9.97 Å². The van der Waals surface area contributed by atoms with Crippen LogP contribution in [0.2, 0.25) is 0 Å². The maximum Gasteiger partial charge on any atom is 0.274 e. The Labute approximate surface area is 160 Å². The van der Waals surface area contributed by atoms with Gasteiger partial charge in [-0.2, -0.15) is 0 Å². The van der Waals surface area contributed by atoms with Crippen LogP contribution in [-0.4, -0.2) is 29.5 Å². The molecule has 1 aromatic carbocycles. The van der Waals surface area contributed by atoms with Gasteiger partial charge in [0.15, 0.2) is 0 Å². The number of amides is 1. The SMILES string of the molecule is COc1ccc(NC(=O)c2cc(C)nc(NCCC3=CCCCC3)n2)cc1. The molecule has 2 aromatic rings. The van der Waals surface area contributed by atoms with E-state index < -0.39 is 0 Å². The number of nitrogens with one attached hydrogen (secondary N) is 2. The van der Waals surface area contributed by atoms with Crippen molar-refractivity contribution in [1.82, 2.24) is 9.97 Å². The van der Waals surface area contributed by atoms with Gasteiger partial charge in [0.05, 0.1) is 7.11 Å². The normalized spacial score (nSPS) is 13.6. The second kappa shape index (κ2) is 9.16. The molecule has 0 atom stereocenters. The quantitative estimate of drug-likeness (QED) is 0.713. The third-order valence-electron chi connectivity index (χ3n) is 4.55. The van der Waals surface area contributed by atoms with Gasteiger partial charge < -0.3 is 15.4 Å². The number of carbonyl (C=O) groups excluding carboxylic acids is 1. The number of ether oxygens (including phenoxy) is 1. The summed E-state index contributed by atoms with van der Waals surface area (Å²) in [5, 5.41) is 6.10. The van der Waals surface area contributed by atoms with E-state index in [1.165, 1.54) is 31.3 Å². The van der Waals surface area contributed by atoms with Crippen LogP contribution in [0.3, 0.4) is 0 Å². The first kappa shape index (κ1) is 18.9. The van der Waals surface area contributed by atoms with Crippen molar-refractivity contribution >= 4 is 17.5 Å². The fourth-order valence-electron chi connectivity index (χ4n) is 3.10. The zero-order valence-corrected chi connectivity index (χ0v) is 15.9. The highest BCUT2D eigenvalue weighted by molar-refractivity contribution is 6.03. The first-order chi connectivity index (χ1) is 13.1. The van der Waals surface area contributed by atoms with Gasteiger partial charge >= 0.3 is 0 Å². The van der Waals surface area contributed by atoms with E-state index in [-0.39, 0.29) is 5.91 Å². The topological polar surface area (TPSA) is 76.1 Å². The predicted molar refractivity (Wildman–Crippen MR) is 107 cm³/mol. The van der Waals surface area contributed by atoms with Crippen molar-refractivity contribution in [2.75, 3.05) is 24.3 Å². The number of methoxy groups -OCH3 is 1. The number of aromatic nitrogens is 2. The summed E-state index contributed by atoms with van der Waals surface area (Å²) in [6.07, 6.45) is 8.28. The zero-order valence-electron chi connectivity index (χ0n) is 15.9. The van der Waals surface area contributed by atoms with E-state index in [0.717, 1.165) is 24.4 Å². The lowest BCUT2D eigenvalue weighted by Crippen LogP contribution is -2.16. The van der Waals surface area contributed by atoms with Crippen LogP contribution in [0.15, 0.2) is 42.0 Å². The van der Waals surface area contributed by atoms with Gasteiger partial charge in [-0.05, 0) is 69.4 Å². The lowest BCUT2D eigenvalue weighted by atomic mass is 9.97. The largest absolute Gasteiger partial charge is 0.497 e. The Kier molecular flexibility index (Phi) is 6.41. The smallest absolute Gasteiger partial charge is 0.274 e. The summed E-state index contributed by atoms with van der Waals surface area (Å²) in [5.74, 6) is 0.973. The van der Waals surface area contributed by atoms with Crippen molar-refractivity contribution in [3.05, 3.63) is 53.4 Å². The van der Waals surface area contributed by atoms with E-state index in [1.54, 1.807) is 37.4 Å². The Balaban J connectivity index is 1.61. The Morgan fingerprint density at radius 3 is 2.70 bits per heavy atom. The van der Waals surface area contributed by atoms with Gasteiger partial charge in [-0.1, -0.05) is 11.6 Å². The second-order valence-electron chi connectivity index (χ2n) is 6.69. The molecule has 3 rings (SSSR count). The summed E-state index contributed by atoms with van der Waals surface area (Å²) >= 11 is 0. The zero-order chi connectivity index (χ0) is 19.1. The van der Waals surface area contributed by atoms with Crippen LogP contribution in [0, 0.1) is 6.92 Å². The molecule has 1 amide bonds. The molecule has 1 aliphatic carbocycles. The van der Waals surface area contributed by atoms with Crippen molar-refractivity contribution in [3.63, 3.8) is 0 Å². The molecule has 0 aliphatic heterocycles. The lowest BCUT2D eigenvalue weighted by Gasteiger charge is -2.13. The molecule has 0 bridgehead atoms. The summed E-state index contributed by atoms with van der Waals surface area (Å²) in [4.78, 5) is 21.3. The average molecular weight is 366 g/mol. The maximum atomic E-state index is 12.5. The Morgan fingerprint density at radius 1 is 1.19 bits per heavy atom. The minimum atomic E-state index is -0.260. The van der Waals surface area contributed by atoms with E-state index in [9.17, 15) is 4.79 Å². The number of hydrogen-bond donors (Lipinski definition) is 2. The minimum absolute atomic E-state index is 0.260. The van der Waals surface area contributed by atoms with Crippen LogP contribution < -0.4 is 15.4 Å². The van der Waals surface area contributed by atoms with Crippen LogP contribution in [0.25, 0.3) is 0 Å². The molecule has 1 heterocycles. The predicted octanol–water partition coefficient (Wildman–Crippen LogP) is 4.35. The van der Waals surface area contributed by atoms with Gasteiger partial charge in [0.25, 0.3) is 5.91 Å². The van der Waals surface area contributed by atoms with Crippen molar-refractivity contribution in [1.29, 1.82) is 0 Å². The monoisotopic (exact) mass is 366 g/mol. The maximum absolute atomic E-state index is 12.5.